The van der Waals surface area contributed by atoms with Gasteiger partial charge in [0, 0.05) is 38.6 Å². The predicted octanol–water partition coefficient (Wildman–Crippen LogP) is 0.423. The number of carbonyl (C=O) groups is 1. The molecule has 0 saturated carbocycles. The molecule has 2 saturated heterocycles. The van der Waals surface area contributed by atoms with Crippen LogP contribution in [0.3, 0.4) is 0 Å². The second-order valence-electron chi connectivity index (χ2n) is 6.28. The molecule has 0 aliphatic carbocycles. The smallest absolute Gasteiger partial charge is 0.243 e. The first-order chi connectivity index (χ1) is 11.1. The number of nitrogens with zero attached hydrogens (tertiary/aromatic N) is 1. The molecule has 126 valence electrons. The standard InChI is InChI=1S/C16H23N3O3S/c20-16(18-11-13-9-17-10-13)14-5-4-8-19(12-14)23(21,22)15-6-2-1-3-7-15/h1-3,6-7,13-14,17H,4-5,8-12H2,(H,18,20). The van der Waals surface area contributed by atoms with Gasteiger partial charge in [-0.15, -0.1) is 0 Å². The molecule has 0 radical (unpaired) electrons. The van der Waals surface area contributed by atoms with E-state index in [0.717, 1.165) is 25.9 Å². The number of amides is 1. The van der Waals surface area contributed by atoms with Gasteiger partial charge in [0.1, 0.15) is 0 Å². The van der Waals surface area contributed by atoms with Gasteiger partial charge < -0.3 is 10.6 Å². The van der Waals surface area contributed by atoms with Gasteiger partial charge in [0.15, 0.2) is 0 Å². The number of sulfonamides is 1. The second kappa shape index (κ2) is 6.98. The van der Waals surface area contributed by atoms with Gasteiger partial charge in [-0.3, -0.25) is 4.79 Å². The van der Waals surface area contributed by atoms with Crippen LogP contribution in [0.2, 0.25) is 0 Å². The molecule has 2 fully saturated rings. The van der Waals surface area contributed by atoms with Crippen molar-refractivity contribution in [2.24, 2.45) is 11.8 Å². The molecule has 6 nitrogen and oxygen atoms in total. The Morgan fingerprint density at radius 3 is 2.65 bits per heavy atom. The highest BCUT2D eigenvalue weighted by Crippen LogP contribution is 2.23. The van der Waals surface area contributed by atoms with Gasteiger partial charge in [-0.05, 0) is 25.0 Å². The van der Waals surface area contributed by atoms with Crippen molar-refractivity contribution in [3.8, 4) is 0 Å². The predicted molar refractivity (Wildman–Crippen MR) is 87.3 cm³/mol. The summed E-state index contributed by atoms with van der Waals surface area (Å²) in [5.74, 6) is 0.229. The number of piperidine rings is 1. The van der Waals surface area contributed by atoms with Crippen molar-refractivity contribution in [2.45, 2.75) is 17.7 Å². The van der Waals surface area contributed by atoms with E-state index in [1.807, 2.05) is 0 Å². The van der Waals surface area contributed by atoms with Gasteiger partial charge in [0.05, 0.1) is 10.8 Å². The molecule has 0 spiro atoms. The zero-order valence-electron chi connectivity index (χ0n) is 13.1. The van der Waals surface area contributed by atoms with E-state index in [1.165, 1.54) is 4.31 Å². The van der Waals surface area contributed by atoms with E-state index in [2.05, 4.69) is 10.6 Å². The second-order valence-corrected chi connectivity index (χ2v) is 8.22. The summed E-state index contributed by atoms with van der Waals surface area (Å²) in [6.07, 6.45) is 1.46. The minimum atomic E-state index is -3.51. The minimum Gasteiger partial charge on any atom is -0.355 e. The van der Waals surface area contributed by atoms with Crippen LogP contribution in [0.1, 0.15) is 12.8 Å². The Morgan fingerprint density at radius 1 is 1.26 bits per heavy atom. The molecule has 1 atom stereocenters. The van der Waals surface area contributed by atoms with E-state index in [-0.39, 0.29) is 18.4 Å². The fraction of sp³-hybridized carbons (Fsp3) is 0.562. The number of hydrogen-bond acceptors (Lipinski definition) is 4. The monoisotopic (exact) mass is 337 g/mol. The Labute approximate surface area is 137 Å². The highest BCUT2D eigenvalue weighted by molar-refractivity contribution is 7.89. The van der Waals surface area contributed by atoms with Crippen LogP contribution in [-0.4, -0.2) is 51.4 Å². The molecular formula is C16H23N3O3S. The average molecular weight is 337 g/mol. The number of hydrogen-bond donors (Lipinski definition) is 2. The molecule has 2 heterocycles. The molecule has 7 heteroatoms. The molecule has 1 unspecified atom stereocenters. The summed E-state index contributed by atoms with van der Waals surface area (Å²) in [7, 11) is -3.51. The quantitative estimate of drug-likeness (QED) is 0.816. The van der Waals surface area contributed by atoms with Gasteiger partial charge in [0.25, 0.3) is 0 Å². The maximum absolute atomic E-state index is 12.7. The Bertz CT molecular complexity index is 644. The topological polar surface area (TPSA) is 78.5 Å². The van der Waals surface area contributed by atoms with Crippen molar-refractivity contribution in [3.05, 3.63) is 30.3 Å². The fourth-order valence-corrected chi connectivity index (χ4v) is 4.54. The highest BCUT2D eigenvalue weighted by atomic mass is 32.2. The lowest BCUT2D eigenvalue weighted by Crippen LogP contribution is -2.50. The highest BCUT2D eigenvalue weighted by Gasteiger charge is 2.33. The third-order valence-electron chi connectivity index (χ3n) is 4.57. The van der Waals surface area contributed by atoms with Crippen molar-refractivity contribution in [2.75, 3.05) is 32.7 Å². The molecule has 1 amide bonds. The Morgan fingerprint density at radius 2 is 2.00 bits per heavy atom. The average Bonchev–Trinajstić information content (AvgIpc) is 2.54. The molecule has 1 aromatic carbocycles. The largest absolute Gasteiger partial charge is 0.355 e. The van der Waals surface area contributed by atoms with Crippen LogP contribution >= 0.6 is 0 Å². The van der Waals surface area contributed by atoms with Crippen LogP contribution in [0.25, 0.3) is 0 Å². The molecule has 23 heavy (non-hydrogen) atoms. The van der Waals surface area contributed by atoms with E-state index >= 15 is 0 Å². The maximum Gasteiger partial charge on any atom is 0.243 e. The van der Waals surface area contributed by atoms with Gasteiger partial charge in [-0.25, -0.2) is 8.42 Å². The van der Waals surface area contributed by atoms with Gasteiger partial charge in [-0.2, -0.15) is 4.31 Å². The summed E-state index contributed by atoms with van der Waals surface area (Å²) < 4.78 is 26.8. The van der Waals surface area contributed by atoms with E-state index in [0.29, 0.717) is 23.9 Å². The van der Waals surface area contributed by atoms with E-state index in [1.54, 1.807) is 30.3 Å². The SMILES string of the molecule is O=C(NCC1CNC1)C1CCCN(S(=O)(=O)c2ccccc2)C1. The minimum absolute atomic E-state index is 0.0233. The van der Waals surface area contributed by atoms with E-state index in [9.17, 15) is 13.2 Å². The van der Waals surface area contributed by atoms with Crippen LogP contribution in [-0.2, 0) is 14.8 Å². The lowest BCUT2D eigenvalue weighted by atomic mass is 9.98. The van der Waals surface area contributed by atoms with Crippen molar-refractivity contribution in [1.82, 2.24) is 14.9 Å². The normalized spacial score (nSPS) is 23.2. The number of benzene rings is 1. The Kier molecular flexibility index (Phi) is 4.99. The molecule has 2 aliphatic rings. The first kappa shape index (κ1) is 16.4. The molecule has 2 N–H and O–H groups in total. The van der Waals surface area contributed by atoms with E-state index < -0.39 is 10.0 Å². The van der Waals surface area contributed by atoms with Gasteiger partial charge in [0.2, 0.25) is 15.9 Å². The lowest BCUT2D eigenvalue weighted by molar-refractivity contribution is -0.126. The first-order valence-corrected chi connectivity index (χ1v) is 9.55. The van der Waals surface area contributed by atoms with Crippen molar-refractivity contribution < 1.29 is 13.2 Å². The molecule has 0 aromatic heterocycles. The van der Waals surface area contributed by atoms with Crippen molar-refractivity contribution in [3.63, 3.8) is 0 Å². The first-order valence-electron chi connectivity index (χ1n) is 8.11. The molecular weight excluding hydrogens is 314 g/mol. The molecule has 0 bridgehead atoms. The summed E-state index contributed by atoms with van der Waals surface area (Å²) in [5, 5.41) is 6.14. The summed E-state index contributed by atoms with van der Waals surface area (Å²) >= 11 is 0. The van der Waals surface area contributed by atoms with Crippen LogP contribution in [0.5, 0.6) is 0 Å². The third kappa shape index (κ3) is 3.73. The number of nitrogens with one attached hydrogen (secondary N) is 2. The fourth-order valence-electron chi connectivity index (χ4n) is 3.00. The Hall–Kier alpha value is -1.44. The van der Waals surface area contributed by atoms with Crippen LogP contribution in [0, 0.1) is 11.8 Å². The van der Waals surface area contributed by atoms with Crippen molar-refractivity contribution in [1.29, 1.82) is 0 Å². The van der Waals surface area contributed by atoms with Gasteiger partial charge in [-0.1, -0.05) is 18.2 Å². The van der Waals surface area contributed by atoms with Crippen LogP contribution < -0.4 is 10.6 Å². The lowest BCUT2D eigenvalue weighted by Gasteiger charge is -2.32. The molecule has 3 rings (SSSR count). The molecule has 1 aromatic rings. The zero-order valence-corrected chi connectivity index (χ0v) is 13.9. The Balaban J connectivity index is 1.62. The van der Waals surface area contributed by atoms with Crippen molar-refractivity contribution >= 4 is 15.9 Å². The zero-order chi connectivity index (χ0) is 16.3. The summed E-state index contributed by atoms with van der Waals surface area (Å²) in [6.45, 7) is 3.31. The summed E-state index contributed by atoms with van der Waals surface area (Å²) in [5.41, 5.74) is 0. The van der Waals surface area contributed by atoms with Crippen LogP contribution in [0.4, 0.5) is 0 Å². The van der Waals surface area contributed by atoms with E-state index in [4.69, 9.17) is 0 Å². The maximum atomic E-state index is 12.7. The summed E-state index contributed by atoms with van der Waals surface area (Å²) in [6, 6.07) is 8.42. The number of carbonyl (C=O) groups excluding carboxylic acids is 1. The number of rotatable bonds is 5. The van der Waals surface area contributed by atoms with Gasteiger partial charge >= 0.3 is 0 Å². The van der Waals surface area contributed by atoms with Crippen LogP contribution in [0.15, 0.2) is 35.2 Å². The molecule has 2 aliphatic heterocycles. The summed E-state index contributed by atoms with van der Waals surface area (Å²) in [4.78, 5) is 12.6. The third-order valence-corrected chi connectivity index (χ3v) is 6.45.